The maximum atomic E-state index is 12.0. The average molecular weight is 276 g/mol. The van der Waals surface area contributed by atoms with Crippen LogP contribution in [0.4, 0.5) is 0 Å². The molecular formula is C11H18BrNO2. The zero-order valence-electron chi connectivity index (χ0n) is 8.86. The molecule has 0 spiro atoms. The monoisotopic (exact) mass is 275 g/mol. The van der Waals surface area contributed by atoms with E-state index in [9.17, 15) is 9.90 Å². The number of likely N-dealkylation sites (tertiary alicyclic amines) is 1. The average Bonchev–Trinajstić information content (AvgIpc) is 2.70. The number of piperidine rings is 1. The Bertz CT molecular complexity index is 247. The molecule has 3 atom stereocenters. The van der Waals surface area contributed by atoms with Crippen molar-refractivity contribution in [1.29, 1.82) is 0 Å². The van der Waals surface area contributed by atoms with E-state index in [4.69, 9.17) is 0 Å². The second-order valence-corrected chi connectivity index (χ2v) is 5.69. The van der Waals surface area contributed by atoms with E-state index in [0.717, 1.165) is 38.6 Å². The molecule has 1 aliphatic carbocycles. The molecule has 0 radical (unpaired) electrons. The van der Waals surface area contributed by atoms with Crippen LogP contribution in [0.1, 0.15) is 32.1 Å². The molecule has 3 nitrogen and oxygen atoms in total. The molecular weight excluding hydrogens is 258 g/mol. The molecule has 0 aromatic heterocycles. The maximum absolute atomic E-state index is 12.0. The van der Waals surface area contributed by atoms with Crippen LogP contribution in [0.5, 0.6) is 0 Å². The number of rotatable bonds is 2. The quantitative estimate of drug-likeness (QED) is 0.777. The van der Waals surface area contributed by atoms with Gasteiger partial charge in [-0.15, -0.1) is 0 Å². The van der Waals surface area contributed by atoms with Gasteiger partial charge < -0.3 is 10.0 Å². The molecule has 2 rings (SSSR count). The standard InChI is InChI=1S/C11H18BrNO2/c12-9-4-2-6-13(11(9)15)10-5-1-3-8(10)7-14/h8-10,14H,1-7H2/t8-,9?,10-/m0/s1. The van der Waals surface area contributed by atoms with E-state index < -0.39 is 0 Å². The minimum atomic E-state index is 0.00573. The van der Waals surface area contributed by atoms with E-state index in [-0.39, 0.29) is 17.3 Å². The predicted octanol–water partition coefficient (Wildman–Crippen LogP) is 1.53. The molecule has 1 unspecified atom stereocenters. The van der Waals surface area contributed by atoms with Crippen LogP contribution in [0.15, 0.2) is 0 Å². The summed E-state index contributed by atoms with van der Waals surface area (Å²) in [4.78, 5) is 14.0. The normalized spacial score (nSPS) is 37.3. The van der Waals surface area contributed by atoms with Crippen LogP contribution in [-0.2, 0) is 4.79 Å². The topological polar surface area (TPSA) is 40.5 Å². The van der Waals surface area contributed by atoms with Crippen molar-refractivity contribution in [2.75, 3.05) is 13.2 Å². The third-order valence-corrected chi connectivity index (χ3v) is 4.51. The molecule has 1 heterocycles. The largest absolute Gasteiger partial charge is 0.396 e. The molecule has 0 aromatic rings. The van der Waals surface area contributed by atoms with E-state index in [1.807, 2.05) is 4.90 Å². The first-order valence-corrected chi connectivity index (χ1v) is 6.71. The lowest BCUT2D eigenvalue weighted by Crippen LogP contribution is -2.49. The molecule has 1 N–H and O–H groups in total. The molecule has 1 aliphatic heterocycles. The van der Waals surface area contributed by atoms with Crippen LogP contribution in [0.2, 0.25) is 0 Å². The molecule has 1 saturated carbocycles. The van der Waals surface area contributed by atoms with E-state index in [1.165, 1.54) is 0 Å². The van der Waals surface area contributed by atoms with Gasteiger partial charge in [-0.2, -0.15) is 0 Å². The van der Waals surface area contributed by atoms with Crippen molar-refractivity contribution in [2.24, 2.45) is 5.92 Å². The van der Waals surface area contributed by atoms with Crippen LogP contribution >= 0.6 is 15.9 Å². The molecule has 1 saturated heterocycles. The van der Waals surface area contributed by atoms with Gasteiger partial charge in [-0.1, -0.05) is 22.4 Å². The summed E-state index contributed by atoms with van der Waals surface area (Å²) >= 11 is 3.43. The third kappa shape index (κ3) is 2.21. The zero-order chi connectivity index (χ0) is 10.8. The van der Waals surface area contributed by atoms with Gasteiger partial charge in [-0.25, -0.2) is 0 Å². The minimum Gasteiger partial charge on any atom is -0.396 e. The summed E-state index contributed by atoms with van der Waals surface area (Å²) in [5.41, 5.74) is 0. The molecule has 1 amide bonds. The Morgan fingerprint density at radius 2 is 2.13 bits per heavy atom. The van der Waals surface area contributed by atoms with Gasteiger partial charge in [-0.3, -0.25) is 4.79 Å². The summed E-state index contributed by atoms with van der Waals surface area (Å²) in [7, 11) is 0. The van der Waals surface area contributed by atoms with E-state index >= 15 is 0 Å². The van der Waals surface area contributed by atoms with Crippen molar-refractivity contribution in [3.8, 4) is 0 Å². The number of nitrogens with zero attached hydrogens (tertiary/aromatic N) is 1. The molecule has 0 aromatic carbocycles. The number of hydrogen-bond donors (Lipinski definition) is 1. The second kappa shape index (κ2) is 4.83. The molecule has 4 heteroatoms. The van der Waals surface area contributed by atoms with E-state index in [0.29, 0.717) is 12.0 Å². The number of amides is 1. The first-order chi connectivity index (χ1) is 7.24. The Morgan fingerprint density at radius 3 is 2.87 bits per heavy atom. The van der Waals surface area contributed by atoms with Crippen molar-refractivity contribution in [2.45, 2.75) is 43.0 Å². The number of hydrogen-bond acceptors (Lipinski definition) is 2. The Morgan fingerprint density at radius 1 is 1.33 bits per heavy atom. The van der Waals surface area contributed by atoms with Gasteiger partial charge in [0.2, 0.25) is 5.91 Å². The summed E-state index contributed by atoms with van der Waals surface area (Å²) in [6, 6.07) is 0.294. The van der Waals surface area contributed by atoms with Crippen LogP contribution < -0.4 is 0 Å². The van der Waals surface area contributed by atoms with Gasteiger partial charge in [0.05, 0.1) is 4.83 Å². The lowest BCUT2D eigenvalue weighted by molar-refractivity contribution is -0.136. The highest BCUT2D eigenvalue weighted by atomic mass is 79.9. The summed E-state index contributed by atoms with van der Waals surface area (Å²) in [5.74, 6) is 0.540. The number of aliphatic hydroxyl groups is 1. The second-order valence-electron chi connectivity index (χ2n) is 4.58. The van der Waals surface area contributed by atoms with Crippen molar-refractivity contribution >= 4 is 21.8 Å². The summed E-state index contributed by atoms with van der Waals surface area (Å²) < 4.78 is 0. The number of carbonyl (C=O) groups excluding carboxylic acids is 1. The van der Waals surface area contributed by atoms with E-state index in [2.05, 4.69) is 15.9 Å². The highest BCUT2D eigenvalue weighted by molar-refractivity contribution is 9.10. The lowest BCUT2D eigenvalue weighted by Gasteiger charge is -2.37. The lowest BCUT2D eigenvalue weighted by atomic mass is 10.00. The highest BCUT2D eigenvalue weighted by Crippen LogP contribution is 2.32. The Labute approximate surface area is 99.0 Å². The fourth-order valence-corrected chi connectivity index (χ4v) is 3.41. The first kappa shape index (κ1) is 11.4. The fraction of sp³-hybridized carbons (Fsp3) is 0.909. The van der Waals surface area contributed by atoms with E-state index in [1.54, 1.807) is 0 Å². The summed E-state index contributed by atoms with van der Waals surface area (Å²) in [6.45, 7) is 1.10. The molecule has 86 valence electrons. The van der Waals surface area contributed by atoms with Gasteiger partial charge in [0.15, 0.2) is 0 Å². The van der Waals surface area contributed by atoms with Crippen molar-refractivity contribution in [3.05, 3.63) is 0 Å². The molecule has 15 heavy (non-hydrogen) atoms. The van der Waals surface area contributed by atoms with Crippen LogP contribution in [0.25, 0.3) is 0 Å². The Hall–Kier alpha value is -0.0900. The van der Waals surface area contributed by atoms with Crippen molar-refractivity contribution < 1.29 is 9.90 Å². The molecule has 2 aliphatic rings. The van der Waals surface area contributed by atoms with Gasteiger partial charge in [0.25, 0.3) is 0 Å². The van der Waals surface area contributed by atoms with Crippen LogP contribution in [-0.4, -0.2) is 39.9 Å². The third-order valence-electron chi connectivity index (χ3n) is 3.66. The van der Waals surface area contributed by atoms with Gasteiger partial charge >= 0.3 is 0 Å². The van der Waals surface area contributed by atoms with Crippen LogP contribution in [0, 0.1) is 5.92 Å². The van der Waals surface area contributed by atoms with Crippen molar-refractivity contribution in [1.82, 2.24) is 4.90 Å². The van der Waals surface area contributed by atoms with Crippen LogP contribution in [0.3, 0.4) is 0 Å². The SMILES string of the molecule is O=C1C(Br)CCCN1[C@H]1CCC[C@H]1CO. The first-order valence-electron chi connectivity index (χ1n) is 5.79. The Balaban J connectivity index is 2.05. The molecule has 2 fully saturated rings. The number of carbonyl (C=O) groups is 1. The number of halogens is 1. The smallest absolute Gasteiger partial charge is 0.236 e. The molecule has 0 bridgehead atoms. The number of alkyl halides is 1. The summed E-state index contributed by atoms with van der Waals surface area (Å²) in [6.07, 6.45) is 5.31. The zero-order valence-corrected chi connectivity index (χ0v) is 10.4. The highest BCUT2D eigenvalue weighted by Gasteiger charge is 2.37. The Kier molecular flexibility index (Phi) is 3.67. The fourth-order valence-electron chi connectivity index (χ4n) is 2.82. The minimum absolute atomic E-state index is 0.00573. The number of aliphatic hydroxyl groups excluding tert-OH is 1. The van der Waals surface area contributed by atoms with Gasteiger partial charge in [0, 0.05) is 25.1 Å². The van der Waals surface area contributed by atoms with Crippen molar-refractivity contribution in [3.63, 3.8) is 0 Å². The predicted molar refractivity (Wildman–Crippen MR) is 61.9 cm³/mol. The van der Waals surface area contributed by atoms with Gasteiger partial charge in [-0.05, 0) is 25.7 Å². The van der Waals surface area contributed by atoms with Gasteiger partial charge in [0.1, 0.15) is 0 Å². The maximum Gasteiger partial charge on any atom is 0.236 e. The summed E-state index contributed by atoms with van der Waals surface area (Å²) in [5, 5.41) is 9.27.